The molecule has 0 saturated carbocycles. The Morgan fingerprint density at radius 3 is 2.31 bits per heavy atom. The molecule has 3 nitrogen and oxygen atoms in total. The van der Waals surface area contributed by atoms with E-state index in [1.807, 2.05) is 6.92 Å². The van der Waals surface area contributed by atoms with Gasteiger partial charge in [-0.2, -0.15) is 0 Å². The molecule has 1 rings (SSSR count). The predicted molar refractivity (Wildman–Crippen MR) is 54.4 cm³/mol. The van der Waals surface area contributed by atoms with Gasteiger partial charge < -0.3 is 16.2 Å². The van der Waals surface area contributed by atoms with Gasteiger partial charge >= 0.3 is 0 Å². The van der Waals surface area contributed by atoms with Crippen LogP contribution >= 0.6 is 0 Å². The summed E-state index contributed by atoms with van der Waals surface area (Å²) in [5.41, 5.74) is 11.8. The van der Waals surface area contributed by atoms with E-state index in [1.165, 1.54) is 0 Å². The van der Waals surface area contributed by atoms with Gasteiger partial charge in [0.05, 0.1) is 12.2 Å². The quantitative estimate of drug-likeness (QED) is 0.672. The molecule has 4 atom stereocenters. The summed E-state index contributed by atoms with van der Waals surface area (Å²) in [6.07, 6.45) is 2.42. The van der Waals surface area contributed by atoms with E-state index in [-0.39, 0.29) is 24.3 Å². The molecule has 0 aliphatic carbocycles. The third-order valence-electron chi connectivity index (χ3n) is 2.78. The van der Waals surface area contributed by atoms with E-state index in [2.05, 4.69) is 13.8 Å². The first-order valence-corrected chi connectivity index (χ1v) is 5.19. The van der Waals surface area contributed by atoms with Crippen LogP contribution < -0.4 is 11.5 Å². The van der Waals surface area contributed by atoms with Gasteiger partial charge in [0.25, 0.3) is 0 Å². The van der Waals surface area contributed by atoms with Gasteiger partial charge in [-0.15, -0.1) is 0 Å². The van der Waals surface area contributed by atoms with Gasteiger partial charge in [-0.05, 0) is 25.7 Å². The summed E-state index contributed by atoms with van der Waals surface area (Å²) in [6, 6.07) is 0.309. The molecule has 78 valence electrons. The summed E-state index contributed by atoms with van der Waals surface area (Å²) in [6.45, 7) is 6.29. The maximum atomic E-state index is 5.98. The summed E-state index contributed by atoms with van der Waals surface area (Å²) in [4.78, 5) is 0. The van der Waals surface area contributed by atoms with Crippen LogP contribution in [0.25, 0.3) is 0 Å². The van der Waals surface area contributed by atoms with Gasteiger partial charge in [0.15, 0.2) is 0 Å². The Hall–Kier alpha value is -0.120. The Morgan fingerprint density at radius 2 is 1.85 bits per heavy atom. The molecule has 1 aliphatic rings. The van der Waals surface area contributed by atoms with Crippen molar-refractivity contribution in [2.45, 2.75) is 57.9 Å². The van der Waals surface area contributed by atoms with Crippen LogP contribution in [0.5, 0.6) is 0 Å². The van der Waals surface area contributed by atoms with E-state index >= 15 is 0 Å². The smallest absolute Gasteiger partial charge is 0.0753 e. The summed E-state index contributed by atoms with van der Waals surface area (Å²) >= 11 is 0. The molecule has 1 aliphatic heterocycles. The molecule has 0 spiro atoms. The van der Waals surface area contributed by atoms with Crippen molar-refractivity contribution in [3.63, 3.8) is 0 Å². The summed E-state index contributed by atoms with van der Waals surface area (Å²) in [5, 5.41) is 0. The van der Waals surface area contributed by atoms with Gasteiger partial charge in [0.2, 0.25) is 0 Å². The number of hydrogen-bond donors (Lipinski definition) is 2. The van der Waals surface area contributed by atoms with Gasteiger partial charge in [0.1, 0.15) is 0 Å². The van der Waals surface area contributed by atoms with Crippen molar-refractivity contribution in [2.24, 2.45) is 17.4 Å². The van der Waals surface area contributed by atoms with E-state index in [0.29, 0.717) is 5.92 Å². The molecular weight excluding hydrogens is 164 g/mol. The van der Waals surface area contributed by atoms with Crippen LogP contribution in [0.15, 0.2) is 0 Å². The fourth-order valence-corrected chi connectivity index (χ4v) is 1.93. The zero-order chi connectivity index (χ0) is 10.0. The van der Waals surface area contributed by atoms with Crippen LogP contribution in [-0.4, -0.2) is 24.3 Å². The normalized spacial score (nSPS) is 37.8. The summed E-state index contributed by atoms with van der Waals surface area (Å²) < 4.78 is 5.87. The molecule has 0 radical (unpaired) electrons. The molecule has 1 fully saturated rings. The van der Waals surface area contributed by atoms with Crippen molar-refractivity contribution in [1.82, 2.24) is 0 Å². The number of ether oxygens (including phenoxy) is 1. The van der Waals surface area contributed by atoms with Crippen LogP contribution in [-0.2, 0) is 4.74 Å². The maximum absolute atomic E-state index is 5.98. The lowest BCUT2D eigenvalue weighted by Gasteiger charge is -2.38. The second kappa shape index (κ2) is 4.40. The van der Waals surface area contributed by atoms with Gasteiger partial charge in [-0.1, -0.05) is 13.8 Å². The molecule has 0 amide bonds. The lowest BCUT2D eigenvalue weighted by atomic mass is 9.90. The largest absolute Gasteiger partial charge is 0.372 e. The molecule has 0 aromatic heterocycles. The zero-order valence-corrected chi connectivity index (χ0v) is 8.86. The molecular formula is C10H22N2O. The van der Waals surface area contributed by atoms with Crippen molar-refractivity contribution >= 4 is 0 Å². The Morgan fingerprint density at radius 1 is 1.23 bits per heavy atom. The average Bonchev–Trinajstić information content (AvgIpc) is 2.04. The third kappa shape index (κ3) is 2.66. The molecule has 1 heterocycles. The molecule has 0 bridgehead atoms. The fourth-order valence-electron chi connectivity index (χ4n) is 1.93. The monoisotopic (exact) mass is 186 g/mol. The minimum atomic E-state index is 0.119. The van der Waals surface area contributed by atoms with Crippen LogP contribution in [0.1, 0.15) is 33.6 Å². The second-order valence-corrected chi connectivity index (χ2v) is 4.48. The first-order valence-electron chi connectivity index (χ1n) is 5.19. The lowest BCUT2D eigenvalue weighted by molar-refractivity contribution is -0.0886. The fraction of sp³-hybridized carbons (Fsp3) is 1.00. The van der Waals surface area contributed by atoms with Crippen LogP contribution in [0.2, 0.25) is 0 Å². The Kier molecular flexibility index (Phi) is 3.71. The highest BCUT2D eigenvalue weighted by Gasteiger charge is 2.32. The number of hydrogen-bond acceptors (Lipinski definition) is 3. The Labute approximate surface area is 80.8 Å². The first kappa shape index (κ1) is 11.0. The molecule has 3 heteroatoms. The van der Waals surface area contributed by atoms with Crippen molar-refractivity contribution < 1.29 is 4.74 Å². The SMILES string of the molecule is CC(C)[C@H]1O[C@H]([C@H](C)N)CC[C@H]1N. The topological polar surface area (TPSA) is 61.3 Å². The Balaban J connectivity index is 2.53. The lowest BCUT2D eigenvalue weighted by Crippen LogP contribution is -2.51. The summed E-state index contributed by atoms with van der Waals surface area (Å²) in [7, 11) is 0. The second-order valence-electron chi connectivity index (χ2n) is 4.48. The first-order chi connectivity index (χ1) is 6.02. The molecule has 0 unspecified atom stereocenters. The number of nitrogens with two attached hydrogens (primary N) is 2. The highest BCUT2D eigenvalue weighted by molar-refractivity contribution is 4.86. The van der Waals surface area contributed by atoms with E-state index in [4.69, 9.17) is 16.2 Å². The number of rotatable bonds is 2. The standard InChI is InChI=1S/C10H22N2O/c1-6(2)10-8(12)4-5-9(13-10)7(3)11/h6-10H,4-5,11-12H2,1-3H3/t7-,8+,9-,10+/m0/s1. The molecule has 4 N–H and O–H groups in total. The molecule has 13 heavy (non-hydrogen) atoms. The van der Waals surface area contributed by atoms with Crippen LogP contribution in [0, 0.1) is 5.92 Å². The van der Waals surface area contributed by atoms with E-state index in [0.717, 1.165) is 12.8 Å². The third-order valence-corrected chi connectivity index (χ3v) is 2.78. The minimum Gasteiger partial charge on any atom is -0.372 e. The van der Waals surface area contributed by atoms with Crippen LogP contribution in [0.4, 0.5) is 0 Å². The van der Waals surface area contributed by atoms with Crippen molar-refractivity contribution in [3.05, 3.63) is 0 Å². The maximum Gasteiger partial charge on any atom is 0.0753 e. The van der Waals surface area contributed by atoms with Gasteiger partial charge in [0, 0.05) is 12.1 Å². The van der Waals surface area contributed by atoms with E-state index < -0.39 is 0 Å². The van der Waals surface area contributed by atoms with Crippen LogP contribution in [0.3, 0.4) is 0 Å². The van der Waals surface area contributed by atoms with Crippen molar-refractivity contribution in [1.29, 1.82) is 0 Å². The predicted octanol–water partition coefficient (Wildman–Crippen LogP) is 0.865. The summed E-state index contributed by atoms with van der Waals surface area (Å²) in [5.74, 6) is 0.483. The molecule has 1 saturated heterocycles. The molecule has 0 aromatic rings. The van der Waals surface area contributed by atoms with E-state index in [1.54, 1.807) is 0 Å². The molecule has 0 aromatic carbocycles. The van der Waals surface area contributed by atoms with Gasteiger partial charge in [-0.25, -0.2) is 0 Å². The Bertz CT molecular complexity index is 159. The van der Waals surface area contributed by atoms with E-state index in [9.17, 15) is 0 Å². The highest BCUT2D eigenvalue weighted by atomic mass is 16.5. The van der Waals surface area contributed by atoms with Crippen molar-refractivity contribution in [3.8, 4) is 0 Å². The highest BCUT2D eigenvalue weighted by Crippen LogP contribution is 2.24. The van der Waals surface area contributed by atoms with Gasteiger partial charge in [-0.3, -0.25) is 0 Å². The van der Waals surface area contributed by atoms with Crippen molar-refractivity contribution in [2.75, 3.05) is 0 Å². The minimum absolute atomic E-state index is 0.119. The zero-order valence-electron chi connectivity index (χ0n) is 8.86. The average molecular weight is 186 g/mol.